The average molecular weight is 196 g/mol. The van der Waals surface area contributed by atoms with Crippen molar-refractivity contribution in [1.82, 2.24) is 0 Å². The van der Waals surface area contributed by atoms with Crippen molar-refractivity contribution in [3.8, 4) is 0 Å². The Kier molecular flexibility index (Phi) is 2.22. The molecule has 2 fully saturated rings. The lowest BCUT2D eigenvalue weighted by Gasteiger charge is -2.36. The normalized spacial score (nSPS) is 47.6. The van der Waals surface area contributed by atoms with Gasteiger partial charge in [-0.3, -0.25) is 9.59 Å². The molecule has 1 aliphatic carbocycles. The molecule has 0 spiro atoms. The Labute approximate surface area is 83.8 Å². The fraction of sp³-hybridized carbons (Fsp3) is 0.818. The highest BCUT2D eigenvalue weighted by Crippen LogP contribution is 2.44. The molecule has 0 amide bonds. The first kappa shape index (κ1) is 9.84. The number of Topliss-reactive ketones (excluding diaryl/α,β-unsaturated/α-hetero) is 1. The largest absolute Gasteiger partial charge is 0.359 e. The van der Waals surface area contributed by atoms with Crippen molar-refractivity contribution in [2.24, 2.45) is 17.8 Å². The van der Waals surface area contributed by atoms with Crippen LogP contribution in [0.4, 0.5) is 0 Å². The second-order valence-corrected chi connectivity index (χ2v) is 4.65. The van der Waals surface area contributed by atoms with Gasteiger partial charge in [-0.2, -0.15) is 0 Å². The van der Waals surface area contributed by atoms with E-state index in [1.165, 1.54) is 0 Å². The number of carbonyl (C=O) groups is 2. The highest BCUT2D eigenvalue weighted by Gasteiger charge is 2.56. The van der Waals surface area contributed by atoms with Gasteiger partial charge in [0.1, 0.15) is 0 Å². The number of fused-ring (bicyclic) bond motifs is 1. The summed E-state index contributed by atoms with van der Waals surface area (Å²) in [6, 6.07) is 0. The summed E-state index contributed by atoms with van der Waals surface area (Å²) >= 11 is 0. The first-order valence-corrected chi connectivity index (χ1v) is 5.26. The maximum Gasteiger partial charge on any atom is 0.184 e. The predicted molar refractivity (Wildman–Crippen MR) is 50.8 cm³/mol. The Morgan fingerprint density at radius 2 is 2.14 bits per heavy atom. The van der Waals surface area contributed by atoms with Gasteiger partial charge in [-0.05, 0) is 18.8 Å². The molecule has 0 aromatic carbocycles. The van der Waals surface area contributed by atoms with Crippen LogP contribution < -0.4 is 0 Å². The number of hydrogen-bond acceptors (Lipinski definition) is 3. The predicted octanol–water partition coefficient (Wildman–Crippen LogP) is 1.21. The van der Waals surface area contributed by atoms with E-state index >= 15 is 0 Å². The number of hydrogen-bond donors (Lipinski definition) is 0. The summed E-state index contributed by atoms with van der Waals surface area (Å²) in [5.74, 6) is 0.412. The van der Waals surface area contributed by atoms with E-state index in [0.29, 0.717) is 12.5 Å². The van der Waals surface area contributed by atoms with E-state index in [1.807, 2.05) is 6.92 Å². The van der Waals surface area contributed by atoms with Crippen LogP contribution in [0.3, 0.4) is 0 Å². The lowest BCUT2D eigenvalue weighted by Crippen LogP contribution is -2.52. The summed E-state index contributed by atoms with van der Waals surface area (Å²) in [5.41, 5.74) is -1.09. The third-order valence-electron chi connectivity index (χ3n) is 3.74. The molecule has 78 valence electrons. The van der Waals surface area contributed by atoms with Crippen molar-refractivity contribution in [3.05, 3.63) is 0 Å². The molecular weight excluding hydrogens is 180 g/mol. The molecule has 0 aromatic rings. The van der Waals surface area contributed by atoms with E-state index in [-0.39, 0.29) is 17.6 Å². The fourth-order valence-corrected chi connectivity index (χ4v) is 2.79. The zero-order valence-electron chi connectivity index (χ0n) is 8.66. The van der Waals surface area contributed by atoms with Crippen LogP contribution in [0.1, 0.15) is 26.7 Å². The summed E-state index contributed by atoms with van der Waals surface area (Å²) in [7, 11) is 0. The molecule has 1 aliphatic heterocycles. The van der Waals surface area contributed by atoms with Crippen molar-refractivity contribution in [2.45, 2.75) is 32.3 Å². The second-order valence-electron chi connectivity index (χ2n) is 4.65. The van der Waals surface area contributed by atoms with Gasteiger partial charge >= 0.3 is 0 Å². The summed E-state index contributed by atoms with van der Waals surface area (Å²) in [5, 5.41) is 0. The number of carbonyl (C=O) groups excluding carboxylic acids is 2. The fourth-order valence-electron chi connectivity index (χ4n) is 2.79. The minimum absolute atomic E-state index is 0.00639. The number of rotatable bonds is 1. The first-order chi connectivity index (χ1) is 6.62. The Hall–Kier alpha value is -0.700. The topological polar surface area (TPSA) is 43.4 Å². The van der Waals surface area contributed by atoms with Crippen LogP contribution in [0.5, 0.6) is 0 Å². The summed E-state index contributed by atoms with van der Waals surface area (Å²) < 4.78 is 5.47. The third-order valence-corrected chi connectivity index (χ3v) is 3.74. The van der Waals surface area contributed by atoms with Gasteiger partial charge in [0.25, 0.3) is 0 Å². The molecule has 1 saturated heterocycles. The summed E-state index contributed by atoms with van der Waals surface area (Å²) in [6.07, 6.45) is 2.57. The molecule has 2 rings (SSSR count). The molecule has 14 heavy (non-hydrogen) atoms. The molecule has 1 heterocycles. The van der Waals surface area contributed by atoms with Gasteiger partial charge in [-0.1, -0.05) is 13.8 Å². The molecule has 4 unspecified atom stereocenters. The van der Waals surface area contributed by atoms with Crippen molar-refractivity contribution >= 4 is 12.1 Å². The van der Waals surface area contributed by atoms with E-state index in [0.717, 1.165) is 19.1 Å². The van der Waals surface area contributed by atoms with Gasteiger partial charge < -0.3 is 4.74 Å². The molecule has 4 atom stereocenters. The zero-order valence-corrected chi connectivity index (χ0v) is 8.66. The lowest BCUT2D eigenvalue weighted by atomic mass is 9.68. The van der Waals surface area contributed by atoms with Crippen molar-refractivity contribution in [1.29, 1.82) is 0 Å². The zero-order chi connectivity index (χ0) is 10.3. The van der Waals surface area contributed by atoms with E-state index < -0.39 is 5.60 Å². The van der Waals surface area contributed by atoms with Crippen LogP contribution in [-0.4, -0.2) is 24.3 Å². The van der Waals surface area contributed by atoms with Crippen molar-refractivity contribution in [3.63, 3.8) is 0 Å². The highest BCUT2D eigenvalue weighted by atomic mass is 16.5. The van der Waals surface area contributed by atoms with Crippen molar-refractivity contribution in [2.75, 3.05) is 6.61 Å². The van der Waals surface area contributed by atoms with E-state index in [2.05, 4.69) is 6.92 Å². The standard InChI is InChI=1S/C11H16O3/c1-7-3-4-9-8(2)5-14-11(9,6-12)10(7)13/h6-9H,3-5H2,1-2H3. The third kappa shape index (κ3) is 1.08. The Bertz CT molecular complexity index is 274. The monoisotopic (exact) mass is 196 g/mol. The van der Waals surface area contributed by atoms with E-state index in [4.69, 9.17) is 4.74 Å². The molecule has 0 aromatic heterocycles. The summed E-state index contributed by atoms with van der Waals surface area (Å²) in [4.78, 5) is 23.1. The molecular formula is C11H16O3. The maximum absolute atomic E-state index is 11.9. The molecule has 1 saturated carbocycles. The first-order valence-electron chi connectivity index (χ1n) is 5.26. The van der Waals surface area contributed by atoms with Gasteiger partial charge in [-0.25, -0.2) is 0 Å². The molecule has 3 nitrogen and oxygen atoms in total. The molecule has 0 radical (unpaired) electrons. The van der Waals surface area contributed by atoms with Crippen LogP contribution in [-0.2, 0) is 14.3 Å². The maximum atomic E-state index is 11.9. The van der Waals surface area contributed by atoms with Gasteiger partial charge in [0.2, 0.25) is 0 Å². The quantitative estimate of drug-likeness (QED) is 0.467. The minimum Gasteiger partial charge on any atom is -0.359 e. The van der Waals surface area contributed by atoms with Crippen LogP contribution in [0.25, 0.3) is 0 Å². The highest BCUT2D eigenvalue weighted by molar-refractivity contribution is 6.04. The second kappa shape index (κ2) is 3.16. The Morgan fingerprint density at radius 1 is 1.43 bits per heavy atom. The molecule has 0 bridgehead atoms. The summed E-state index contributed by atoms with van der Waals surface area (Å²) in [6.45, 7) is 4.48. The van der Waals surface area contributed by atoms with Crippen LogP contribution >= 0.6 is 0 Å². The number of ether oxygens (including phenoxy) is 1. The number of aldehydes is 1. The van der Waals surface area contributed by atoms with Crippen LogP contribution in [0, 0.1) is 17.8 Å². The van der Waals surface area contributed by atoms with Gasteiger partial charge in [-0.15, -0.1) is 0 Å². The molecule has 3 heteroatoms. The minimum atomic E-state index is -1.09. The van der Waals surface area contributed by atoms with Gasteiger partial charge in [0.15, 0.2) is 17.7 Å². The van der Waals surface area contributed by atoms with Crippen molar-refractivity contribution < 1.29 is 14.3 Å². The van der Waals surface area contributed by atoms with E-state index in [1.54, 1.807) is 0 Å². The van der Waals surface area contributed by atoms with Crippen LogP contribution in [0.15, 0.2) is 0 Å². The van der Waals surface area contributed by atoms with E-state index in [9.17, 15) is 9.59 Å². The van der Waals surface area contributed by atoms with Gasteiger partial charge in [0, 0.05) is 11.8 Å². The van der Waals surface area contributed by atoms with Gasteiger partial charge in [0.05, 0.1) is 6.61 Å². The lowest BCUT2D eigenvalue weighted by molar-refractivity contribution is -0.155. The van der Waals surface area contributed by atoms with Crippen LogP contribution in [0.2, 0.25) is 0 Å². The Morgan fingerprint density at radius 3 is 2.79 bits per heavy atom. The number of ketones is 1. The smallest absolute Gasteiger partial charge is 0.184 e. The average Bonchev–Trinajstić information content (AvgIpc) is 2.52. The SMILES string of the molecule is CC1CCC2C(C)COC2(C=O)C1=O. The molecule has 0 N–H and O–H groups in total. The Balaban J connectivity index is 2.36. The molecule has 2 aliphatic rings.